The number of rotatable bonds is 5. The van der Waals surface area contributed by atoms with Crippen molar-refractivity contribution in [3.63, 3.8) is 0 Å². The summed E-state index contributed by atoms with van der Waals surface area (Å²) in [5.74, 6) is 0.420. The molecule has 0 aliphatic carbocycles. The summed E-state index contributed by atoms with van der Waals surface area (Å²) in [5.41, 5.74) is 3.04. The third-order valence-corrected chi connectivity index (χ3v) is 3.17. The van der Waals surface area contributed by atoms with Crippen LogP contribution in [-0.4, -0.2) is 30.4 Å². The number of aliphatic imine (C=N–C) groups is 1. The summed E-state index contributed by atoms with van der Waals surface area (Å²) in [6.45, 7) is 2.82. The molecule has 0 fully saturated rings. The molecule has 7 heteroatoms. The molecule has 0 saturated carbocycles. The molecule has 0 bridgehead atoms. The summed E-state index contributed by atoms with van der Waals surface area (Å²) in [6.07, 6.45) is 3.26. The standard InChI is InChI=1S/C17H21N5O.HI/c1-13-5-7-14(8-6-13)10-20-17(18-2)21-12-16(23)22-15-4-3-9-19-11-15;/h3-9,11H,10,12H2,1-2H3,(H,22,23)(H2,18,20,21);1H. The first-order valence-corrected chi connectivity index (χ1v) is 7.37. The van der Waals surface area contributed by atoms with Crippen LogP contribution in [-0.2, 0) is 11.3 Å². The lowest BCUT2D eigenvalue weighted by atomic mass is 10.1. The zero-order valence-electron chi connectivity index (χ0n) is 13.7. The molecule has 2 rings (SSSR count). The molecule has 2 aromatic rings. The third-order valence-electron chi connectivity index (χ3n) is 3.17. The van der Waals surface area contributed by atoms with Crippen LogP contribution in [0.1, 0.15) is 11.1 Å². The first kappa shape index (κ1) is 19.9. The van der Waals surface area contributed by atoms with Gasteiger partial charge in [0.05, 0.1) is 18.4 Å². The Morgan fingerprint density at radius 1 is 1.17 bits per heavy atom. The van der Waals surface area contributed by atoms with Gasteiger partial charge in [0.1, 0.15) is 0 Å². The van der Waals surface area contributed by atoms with E-state index in [2.05, 4.69) is 57.1 Å². The van der Waals surface area contributed by atoms with E-state index >= 15 is 0 Å². The fourth-order valence-electron chi connectivity index (χ4n) is 1.92. The largest absolute Gasteiger partial charge is 0.352 e. The summed E-state index contributed by atoms with van der Waals surface area (Å²) in [7, 11) is 1.67. The molecular weight excluding hydrogens is 417 g/mol. The van der Waals surface area contributed by atoms with E-state index in [1.165, 1.54) is 5.56 Å². The van der Waals surface area contributed by atoms with Gasteiger partial charge in [-0.15, -0.1) is 24.0 Å². The Morgan fingerprint density at radius 2 is 1.92 bits per heavy atom. The van der Waals surface area contributed by atoms with Crippen LogP contribution in [0, 0.1) is 6.92 Å². The molecule has 1 aromatic carbocycles. The predicted octanol–water partition coefficient (Wildman–Crippen LogP) is 2.31. The molecule has 128 valence electrons. The minimum absolute atomic E-state index is 0. The van der Waals surface area contributed by atoms with Crippen molar-refractivity contribution < 1.29 is 4.79 Å². The Balaban J connectivity index is 0.00000288. The van der Waals surface area contributed by atoms with Gasteiger partial charge < -0.3 is 16.0 Å². The highest BCUT2D eigenvalue weighted by Gasteiger charge is 2.04. The number of pyridine rings is 1. The summed E-state index contributed by atoms with van der Waals surface area (Å²) in [6, 6.07) is 11.8. The number of nitrogens with zero attached hydrogens (tertiary/aromatic N) is 2. The monoisotopic (exact) mass is 439 g/mol. The summed E-state index contributed by atoms with van der Waals surface area (Å²) >= 11 is 0. The van der Waals surface area contributed by atoms with Crippen LogP contribution < -0.4 is 16.0 Å². The number of guanidine groups is 1. The number of aromatic nitrogens is 1. The number of carbonyl (C=O) groups is 1. The first-order chi connectivity index (χ1) is 11.2. The highest BCUT2D eigenvalue weighted by molar-refractivity contribution is 14.0. The van der Waals surface area contributed by atoms with Crippen LogP contribution in [0.25, 0.3) is 0 Å². The predicted molar refractivity (Wildman–Crippen MR) is 108 cm³/mol. The second-order valence-electron chi connectivity index (χ2n) is 5.05. The Hall–Kier alpha value is -2.16. The van der Waals surface area contributed by atoms with Crippen molar-refractivity contribution in [3.05, 3.63) is 59.9 Å². The number of anilines is 1. The topological polar surface area (TPSA) is 78.4 Å². The third kappa shape index (κ3) is 6.95. The van der Waals surface area contributed by atoms with Crippen molar-refractivity contribution in [3.8, 4) is 0 Å². The van der Waals surface area contributed by atoms with E-state index < -0.39 is 0 Å². The smallest absolute Gasteiger partial charge is 0.243 e. The highest BCUT2D eigenvalue weighted by atomic mass is 127. The summed E-state index contributed by atoms with van der Waals surface area (Å²) in [4.78, 5) is 19.9. The molecular formula is C17H22IN5O. The van der Waals surface area contributed by atoms with E-state index in [9.17, 15) is 4.79 Å². The van der Waals surface area contributed by atoms with Gasteiger partial charge in [0.15, 0.2) is 5.96 Å². The number of benzene rings is 1. The van der Waals surface area contributed by atoms with Gasteiger partial charge in [-0.1, -0.05) is 29.8 Å². The molecule has 0 spiro atoms. The zero-order chi connectivity index (χ0) is 16.5. The van der Waals surface area contributed by atoms with E-state index in [1.807, 2.05) is 0 Å². The van der Waals surface area contributed by atoms with Gasteiger partial charge >= 0.3 is 0 Å². The van der Waals surface area contributed by atoms with E-state index in [0.717, 1.165) is 5.56 Å². The average Bonchev–Trinajstić information content (AvgIpc) is 2.57. The van der Waals surface area contributed by atoms with Crippen molar-refractivity contribution in [2.45, 2.75) is 13.5 Å². The molecule has 1 aromatic heterocycles. The van der Waals surface area contributed by atoms with Crippen LogP contribution in [0.4, 0.5) is 5.69 Å². The SMILES string of the molecule is CN=C(NCC(=O)Nc1cccnc1)NCc1ccc(C)cc1.I. The summed E-state index contributed by atoms with van der Waals surface area (Å²) < 4.78 is 0. The van der Waals surface area contributed by atoms with Gasteiger partial charge in [-0.05, 0) is 24.6 Å². The Kier molecular flexibility index (Phi) is 8.77. The minimum atomic E-state index is -0.156. The second kappa shape index (κ2) is 10.6. The van der Waals surface area contributed by atoms with Crippen molar-refractivity contribution in [1.29, 1.82) is 0 Å². The quantitative estimate of drug-likeness (QED) is 0.380. The van der Waals surface area contributed by atoms with Crippen LogP contribution in [0.5, 0.6) is 0 Å². The van der Waals surface area contributed by atoms with Crippen molar-refractivity contribution in [2.24, 2.45) is 4.99 Å². The molecule has 3 N–H and O–H groups in total. The molecule has 0 unspecified atom stereocenters. The molecule has 0 saturated heterocycles. The lowest BCUT2D eigenvalue weighted by Crippen LogP contribution is -2.41. The molecule has 0 atom stereocenters. The molecule has 1 amide bonds. The van der Waals surface area contributed by atoms with Gasteiger partial charge in [0.2, 0.25) is 5.91 Å². The van der Waals surface area contributed by atoms with Gasteiger partial charge in [-0.3, -0.25) is 14.8 Å². The molecule has 6 nitrogen and oxygen atoms in total. The maximum Gasteiger partial charge on any atom is 0.243 e. The lowest BCUT2D eigenvalue weighted by molar-refractivity contribution is -0.115. The van der Waals surface area contributed by atoms with Crippen LogP contribution >= 0.6 is 24.0 Å². The second-order valence-corrected chi connectivity index (χ2v) is 5.05. The highest BCUT2D eigenvalue weighted by Crippen LogP contribution is 2.03. The van der Waals surface area contributed by atoms with E-state index in [0.29, 0.717) is 18.2 Å². The Labute approximate surface area is 159 Å². The maximum atomic E-state index is 11.9. The fraction of sp³-hybridized carbons (Fsp3) is 0.235. The number of nitrogens with one attached hydrogen (secondary N) is 3. The van der Waals surface area contributed by atoms with E-state index in [1.54, 1.807) is 31.6 Å². The van der Waals surface area contributed by atoms with Crippen LogP contribution in [0.2, 0.25) is 0 Å². The molecule has 0 radical (unpaired) electrons. The average molecular weight is 439 g/mol. The number of halogens is 1. The van der Waals surface area contributed by atoms with E-state index in [-0.39, 0.29) is 36.4 Å². The van der Waals surface area contributed by atoms with Gasteiger partial charge in [0, 0.05) is 19.8 Å². The minimum Gasteiger partial charge on any atom is -0.352 e. The number of carbonyl (C=O) groups excluding carboxylic acids is 1. The fourth-order valence-corrected chi connectivity index (χ4v) is 1.92. The normalized spacial score (nSPS) is 10.5. The number of aryl methyl sites for hydroxylation is 1. The number of amides is 1. The zero-order valence-corrected chi connectivity index (χ0v) is 16.1. The van der Waals surface area contributed by atoms with Crippen molar-refractivity contribution in [1.82, 2.24) is 15.6 Å². The van der Waals surface area contributed by atoms with Crippen molar-refractivity contribution in [2.75, 3.05) is 18.9 Å². The molecule has 1 heterocycles. The molecule has 24 heavy (non-hydrogen) atoms. The van der Waals surface area contributed by atoms with Gasteiger partial charge in [-0.2, -0.15) is 0 Å². The Bertz CT molecular complexity index is 658. The van der Waals surface area contributed by atoms with E-state index in [4.69, 9.17) is 0 Å². The molecule has 0 aliphatic rings. The van der Waals surface area contributed by atoms with Crippen LogP contribution in [0.15, 0.2) is 53.8 Å². The van der Waals surface area contributed by atoms with Gasteiger partial charge in [0.25, 0.3) is 0 Å². The number of hydrogen-bond acceptors (Lipinski definition) is 3. The number of hydrogen-bond donors (Lipinski definition) is 3. The van der Waals surface area contributed by atoms with Gasteiger partial charge in [-0.25, -0.2) is 0 Å². The molecule has 0 aliphatic heterocycles. The lowest BCUT2D eigenvalue weighted by Gasteiger charge is -2.12. The maximum absolute atomic E-state index is 11.9. The summed E-state index contributed by atoms with van der Waals surface area (Å²) in [5, 5.41) is 8.90. The Morgan fingerprint density at radius 3 is 2.54 bits per heavy atom. The first-order valence-electron chi connectivity index (χ1n) is 7.37. The van der Waals surface area contributed by atoms with Crippen molar-refractivity contribution >= 4 is 41.5 Å². The van der Waals surface area contributed by atoms with Crippen LogP contribution in [0.3, 0.4) is 0 Å².